The summed E-state index contributed by atoms with van der Waals surface area (Å²) in [6.07, 6.45) is 21.5. The molecule has 2 rings (SSSR count). The summed E-state index contributed by atoms with van der Waals surface area (Å²) in [5.41, 5.74) is 2.28. The lowest BCUT2D eigenvalue weighted by molar-refractivity contribution is 0.463. The van der Waals surface area contributed by atoms with Crippen LogP contribution in [0.15, 0.2) is 84.9 Å². The summed E-state index contributed by atoms with van der Waals surface area (Å²) in [5.74, 6) is 0. The third-order valence-corrected chi connectivity index (χ3v) is 2.96. The molecule has 0 fully saturated rings. The second kappa shape index (κ2) is 7.09. The second-order valence-electron chi connectivity index (χ2n) is 4.34. The fourth-order valence-electron chi connectivity index (χ4n) is 1.88. The minimum absolute atomic E-state index is 0.652. The molecule has 0 amide bonds. The van der Waals surface area contributed by atoms with E-state index in [2.05, 4.69) is 0 Å². The number of aliphatic hydroxyl groups excluding tert-OH is 2. The molecular weight excluding hydrogens is 252 g/mol. The molecule has 2 heterocycles. The van der Waals surface area contributed by atoms with Crippen molar-refractivity contribution in [1.29, 1.82) is 0 Å². The molecule has 4 nitrogen and oxygen atoms in total. The minimum atomic E-state index is 0.652. The standard InChI is InChI=1S/C16H18N2O2/c19-13-1-7-17-9-3-15(4-10-17)16-5-11-18(12-6-16)8-2-14-20/h1-6,9-14,19-20H,7-8H2. The van der Waals surface area contributed by atoms with Gasteiger partial charge in [0.1, 0.15) is 0 Å². The van der Waals surface area contributed by atoms with Crippen LogP contribution in [-0.4, -0.2) is 33.1 Å². The largest absolute Gasteiger partial charge is 0.516 e. The quantitative estimate of drug-likeness (QED) is 0.771. The molecule has 2 aliphatic heterocycles. The Balaban J connectivity index is 2.00. The summed E-state index contributed by atoms with van der Waals surface area (Å²) in [5, 5.41) is 17.3. The van der Waals surface area contributed by atoms with Crippen LogP contribution >= 0.6 is 0 Å². The summed E-state index contributed by atoms with van der Waals surface area (Å²) in [7, 11) is 0. The molecule has 4 heteroatoms. The predicted molar refractivity (Wildman–Crippen MR) is 80.5 cm³/mol. The summed E-state index contributed by atoms with van der Waals surface area (Å²) >= 11 is 0. The Morgan fingerprint density at radius 3 is 1.35 bits per heavy atom. The molecule has 0 unspecified atom stereocenters. The molecule has 0 spiro atoms. The number of allylic oxidation sites excluding steroid dienone is 6. The Morgan fingerprint density at radius 2 is 1.05 bits per heavy atom. The van der Waals surface area contributed by atoms with E-state index in [0.29, 0.717) is 13.1 Å². The Bertz CT molecular complexity index is 457. The van der Waals surface area contributed by atoms with Crippen molar-refractivity contribution < 1.29 is 10.2 Å². The summed E-state index contributed by atoms with van der Waals surface area (Å²) in [4.78, 5) is 3.96. The highest BCUT2D eigenvalue weighted by Crippen LogP contribution is 2.19. The summed E-state index contributed by atoms with van der Waals surface area (Å²) < 4.78 is 0. The number of hydrogen-bond donors (Lipinski definition) is 2. The maximum atomic E-state index is 8.63. The van der Waals surface area contributed by atoms with Crippen LogP contribution in [0.25, 0.3) is 0 Å². The van der Waals surface area contributed by atoms with Gasteiger partial charge in [-0.1, -0.05) is 0 Å². The Hall–Kier alpha value is -2.62. The third kappa shape index (κ3) is 3.68. The first-order chi connectivity index (χ1) is 9.83. The van der Waals surface area contributed by atoms with Gasteiger partial charge in [0.05, 0.1) is 12.5 Å². The lowest BCUT2D eigenvalue weighted by Gasteiger charge is -2.20. The van der Waals surface area contributed by atoms with E-state index in [4.69, 9.17) is 10.2 Å². The molecule has 0 aromatic rings. The van der Waals surface area contributed by atoms with E-state index in [1.54, 1.807) is 12.2 Å². The molecule has 20 heavy (non-hydrogen) atoms. The first-order valence-corrected chi connectivity index (χ1v) is 6.40. The van der Waals surface area contributed by atoms with Crippen LogP contribution in [0.1, 0.15) is 0 Å². The maximum absolute atomic E-state index is 8.63. The molecule has 0 atom stereocenters. The molecule has 2 N–H and O–H groups in total. The van der Waals surface area contributed by atoms with Gasteiger partial charge < -0.3 is 20.0 Å². The fourth-order valence-corrected chi connectivity index (χ4v) is 1.88. The zero-order valence-corrected chi connectivity index (χ0v) is 11.1. The molecule has 2 aliphatic rings. The zero-order chi connectivity index (χ0) is 14.2. The van der Waals surface area contributed by atoms with E-state index in [0.717, 1.165) is 23.7 Å². The van der Waals surface area contributed by atoms with Crippen LogP contribution in [0, 0.1) is 0 Å². The van der Waals surface area contributed by atoms with Crippen LogP contribution in [0.3, 0.4) is 0 Å². The van der Waals surface area contributed by atoms with Gasteiger partial charge in [-0.05, 0) is 47.6 Å². The average Bonchev–Trinajstić information content (AvgIpc) is 2.52. The van der Waals surface area contributed by atoms with Crippen molar-refractivity contribution >= 4 is 0 Å². The Kier molecular flexibility index (Phi) is 4.89. The lowest BCUT2D eigenvalue weighted by Crippen LogP contribution is -2.13. The van der Waals surface area contributed by atoms with Gasteiger partial charge in [0.2, 0.25) is 0 Å². The van der Waals surface area contributed by atoms with Gasteiger partial charge in [0.25, 0.3) is 0 Å². The van der Waals surface area contributed by atoms with Gasteiger partial charge in [-0.15, -0.1) is 0 Å². The SMILES string of the molecule is OC=CCN1C=CC(=C2C=CN(CC=CO)C=C2)C=C1. The van der Waals surface area contributed by atoms with Crippen LogP contribution < -0.4 is 0 Å². The molecule has 104 valence electrons. The van der Waals surface area contributed by atoms with E-state index in [1.807, 2.05) is 58.9 Å². The van der Waals surface area contributed by atoms with E-state index in [1.165, 1.54) is 0 Å². The average molecular weight is 270 g/mol. The van der Waals surface area contributed by atoms with Gasteiger partial charge in [-0.25, -0.2) is 0 Å². The number of hydrogen-bond acceptors (Lipinski definition) is 4. The molecule has 0 aliphatic carbocycles. The molecule has 0 saturated carbocycles. The number of rotatable bonds is 4. The first-order valence-electron chi connectivity index (χ1n) is 6.40. The van der Waals surface area contributed by atoms with Crippen molar-refractivity contribution in [2.75, 3.05) is 13.1 Å². The number of aliphatic hydroxyl groups is 2. The van der Waals surface area contributed by atoms with Crippen molar-refractivity contribution in [2.24, 2.45) is 0 Å². The number of nitrogens with zero attached hydrogens (tertiary/aromatic N) is 2. The summed E-state index contributed by atoms with van der Waals surface area (Å²) in [6, 6.07) is 0. The van der Waals surface area contributed by atoms with E-state index in [9.17, 15) is 0 Å². The van der Waals surface area contributed by atoms with Crippen LogP contribution in [0.2, 0.25) is 0 Å². The highest BCUT2D eigenvalue weighted by atomic mass is 16.2. The van der Waals surface area contributed by atoms with E-state index < -0.39 is 0 Å². The first kappa shape index (κ1) is 13.8. The van der Waals surface area contributed by atoms with E-state index >= 15 is 0 Å². The Morgan fingerprint density at radius 1 is 0.700 bits per heavy atom. The van der Waals surface area contributed by atoms with Gasteiger partial charge in [-0.2, -0.15) is 0 Å². The monoisotopic (exact) mass is 270 g/mol. The molecule has 0 aromatic heterocycles. The maximum Gasteiger partial charge on any atom is 0.0769 e. The van der Waals surface area contributed by atoms with Crippen molar-refractivity contribution in [3.63, 3.8) is 0 Å². The van der Waals surface area contributed by atoms with Crippen molar-refractivity contribution in [3.8, 4) is 0 Å². The fraction of sp³-hybridized carbons (Fsp3) is 0.125. The highest BCUT2D eigenvalue weighted by Gasteiger charge is 2.05. The molecular formula is C16H18N2O2. The molecule has 0 aromatic carbocycles. The third-order valence-electron chi connectivity index (χ3n) is 2.96. The van der Waals surface area contributed by atoms with Crippen LogP contribution in [-0.2, 0) is 0 Å². The van der Waals surface area contributed by atoms with Crippen molar-refractivity contribution in [1.82, 2.24) is 9.80 Å². The lowest BCUT2D eigenvalue weighted by atomic mass is 10.0. The second-order valence-corrected chi connectivity index (χ2v) is 4.34. The van der Waals surface area contributed by atoms with Gasteiger partial charge in [0.15, 0.2) is 0 Å². The highest BCUT2D eigenvalue weighted by molar-refractivity contribution is 5.49. The summed E-state index contributed by atoms with van der Waals surface area (Å²) in [6.45, 7) is 1.30. The zero-order valence-electron chi connectivity index (χ0n) is 11.1. The molecule has 0 bridgehead atoms. The van der Waals surface area contributed by atoms with Gasteiger partial charge in [-0.3, -0.25) is 0 Å². The van der Waals surface area contributed by atoms with Gasteiger partial charge >= 0.3 is 0 Å². The van der Waals surface area contributed by atoms with Crippen molar-refractivity contribution in [3.05, 3.63) is 84.9 Å². The topological polar surface area (TPSA) is 46.9 Å². The smallest absolute Gasteiger partial charge is 0.0769 e. The molecule has 0 radical (unpaired) electrons. The normalized spacial score (nSPS) is 18.2. The Labute approximate surface area is 118 Å². The van der Waals surface area contributed by atoms with Crippen molar-refractivity contribution in [2.45, 2.75) is 0 Å². The minimum Gasteiger partial charge on any atom is -0.516 e. The molecule has 0 saturated heterocycles. The predicted octanol–water partition coefficient (Wildman–Crippen LogP) is 3.11. The van der Waals surface area contributed by atoms with Crippen LogP contribution in [0.5, 0.6) is 0 Å². The van der Waals surface area contributed by atoms with Gasteiger partial charge in [0, 0.05) is 37.9 Å². The van der Waals surface area contributed by atoms with E-state index in [-0.39, 0.29) is 0 Å². The van der Waals surface area contributed by atoms with Crippen LogP contribution in [0.4, 0.5) is 0 Å².